The maximum Gasteiger partial charge on any atom is 0.284 e. The van der Waals surface area contributed by atoms with Gasteiger partial charge in [-0.1, -0.05) is 17.7 Å². The fraction of sp³-hybridized carbons (Fsp3) is 0.143. The Morgan fingerprint density at radius 2 is 2.03 bits per heavy atom. The Bertz CT molecular complexity index is 1330. The van der Waals surface area contributed by atoms with Crippen molar-refractivity contribution in [3.8, 4) is 11.3 Å². The van der Waals surface area contributed by atoms with Gasteiger partial charge in [0.15, 0.2) is 10.3 Å². The molecule has 0 fully saturated rings. The van der Waals surface area contributed by atoms with Gasteiger partial charge in [0.1, 0.15) is 6.33 Å². The van der Waals surface area contributed by atoms with Crippen molar-refractivity contribution >= 4 is 39.8 Å². The van der Waals surface area contributed by atoms with Crippen molar-refractivity contribution in [2.75, 3.05) is 5.32 Å². The summed E-state index contributed by atoms with van der Waals surface area (Å²) in [6.45, 7) is 4.02. The first-order valence-corrected chi connectivity index (χ1v) is 11.2. The van der Waals surface area contributed by atoms with Gasteiger partial charge in [0.25, 0.3) is 11.6 Å². The van der Waals surface area contributed by atoms with E-state index < -0.39 is 10.8 Å². The van der Waals surface area contributed by atoms with Gasteiger partial charge in [-0.2, -0.15) is 0 Å². The highest BCUT2D eigenvalue weighted by molar-refractivity contribution is 7.99. The highest BCUT2D eigenvalue weighted by Gasteiger charge is 2.21. The number of carbonyl (C=O) groups excluding carboxylic acids is 1. The number of nitro groups is 1. The van der Waals surface area contributed by atoms with Crippen molar-refractivity contribution in [1.29, 1.82) is 0 Å². The molecule has 162 valence electrons. The van der Waals surface area contributed by atoms with Crippen molar-refractivity contribution in [3.63, 3.8) is 0 Å². The molecule has 4 aromatic rings. The van der Waals surface area contributed by atoms with Gasteiger partial charge in [-0.05, 0) is 49.4 Å². The minimum absolute atomic E-state index is 0.169. The highest BCUT2D eigenvalue weighted by atomic mass is 32.2. The largest absolute Gasteiger partial charge is 0.311 e. The first-order chi connectivity index (χ1) is 15.3. The number of benzene rings is 2. The number of carbonyl (C=O) groups is 1. The van der Waals surface area contributed by atoms with E-state index in [0.29, 0.717) is 15.2 Å². The molecule has 0 bridgehead atoms. The van der Waals surface area contributed by atoms with Crippen molar-refractivity contribution in [2.45, 2.75) is 23.9 Å². The first-order valence-electron chi connectivity index (χ1n) is 9.46. The fourth-order valence-electron chi connectivity index (χ4n) is 2.99. The molecule has 0 aliphatic rings. The summed E-state index contributed by atoms with van der Waals surface area (Å²) >= 11 is 2.41. The van der Waals surface area contributed by atoms with E-state index >= 15 is 0 Å². The van der Waals surface area contributed by atoms with Crippen molar-refractivity contribution in [3.05, 3.63) is 74.9 Å². The second-order valence-corrected chi connectivity index (χ2v) is 8.94. The SMILES string of the molecule is Cc1ccc(C)c(-c2csc(NC(=O)c3ccc(Sc4nncn4C)c([N+](=O)[O-])c3)n2)c1. The van der Waals surface area contributed by atoms with Gasteiger partial charge >= 0.3 is 0 Å². The number of nitrogens with zero attached hydrogens (tertiary/aromatic N) is 5. The van der Waals surface area contributed by atoms with Gasteiger partial charge in [0.2, 0.25) is 0 Å². The number of rotatable bonds is 6. The predicted molar refractivity (Wildman–Crippen MR) is 123 cm³/mol. The zero-order valence-corrected chi connectivity index (χ0v) is 19.0. The lowest BCUT2D eigenvalue weighted by molar-refractivity contribution is -0.387. The molecule has 1 amide bonds. The molecule has 2 aromatic carbocycles. The van der Waals surface area contributed by atoms with Gasteiger partial charge < -0.3 is 4.57 Å². The fourth-order valence-corrected chi connectivity index (χ4v) is 4.54. The average Bonchev–Trinajstić information content (AvgIpc) is 3.39. The van der Waals surface area contributed by atoms with E-state index in [0.717, 1.165) is 34.1 Å². The summed E-state index contributed by atoms with van der Waals surface area (Å²) in [5.41, 5.74) is 3.97. The molecule has 0 atom stereocenters. The monoisotopic (exact) mass is 466 g/mol. The van der Waals surface area contributed by atoms with Crippen molar-refractivity contribution < 1.29 is 9.72 Å². The molecule has 0 unspecified atom stereocenters. The van der Waals surface area contributed by atoms with E-state index in [1.165, 1.54) is 29.8 Å². The van der Waals surface area contributed by atoms with Crippen LogP contribution in [0, 0.1) is 24.0 Å². The molecule has 1 N–H and O–H groups in total. The number of amides is 1. The molecule has 0 aliphatic heterocycles. The maximum atomic E-state index is 12.7. The van der Waals surface area contributed by atoms with E-state index in [9.17, 15) is 14.9 Å². The Kier molecular flexibility index (Phi) is 6.01. The van der Waals surface area contributed by atoms with Crippen LogP contribution in [0.1, 0.15) is 21.5 Å². The van der Waals surface area contributed by atoms with Crippen LogP contribution in [-0.4, -0.2) is 30.6 Å². The second-order valence-electron chi connectivity index (χ2n) is 7.08. The standard InChI is InChI=1S/C21H18N6O3S2/c1-12-4-5-13(2)15(8-12)16-10-31-20(23-16)24-19(28)14-6-7-18(17(9-14)27(29)30)32-21-25-22-11-26(21)3/h4-11H,1-3H3,(H,23,24,28). The van der Waals surface area contributed by atoms with Gasteiger partial charge in [-0.25, -0.2) is 4.98 Å². The number of thiazole rings is 1. The Morgan fingerprint density at radius 1 is 1.22 bits per heavy atom. The summed E-state index contributed by atoms with van der Waals surface area (Å²) in [4.78, 5) is 28.7. The molecule has 32 heavy (non-hydrogen) atoms. The zero-order valence-electron chi connectivity index (χ0n) is 17.4. The smallest absolute Gasteiger partial charge is 0.284 e. The third-order valence-electron chi connectivity index (χ3n) is 4.68. The van der Waals surface area contributed by atoms with Crippen molar-refractivity contribution in [2.24, 2.45) is 7.05 Å². The molecule has 0 aliphatic carbocycles. The normalized spacial score (nSPS) is 10.8. The lowest BCUT2D eigenvalue weighted by Crippen LogP contribution is -2.12. The molecule has 0 spiro atoms. The molecule has 4 rings (SSSR count). The van der Waals surface area contributed by atoms with E-state index in [1.807, 2.05) is 37.4 Å². The predicted octanol–water partition coefficient (Wildman–Crippen LogP) is 4.87. The van der Waals surface area contributed by atoms with Crippen LogP contribution in [0.3, 0.4) is 0 Å². The van der Waals surface area contributed by atoms with Gasteiger partial charge in [0, 0.05) is 29.6 Å². The van der Waals surface area contributed by atoms with Crippen molar-refractivity contribution in [1.82, 2.24) is 19.7 Å². The van der Waals surface area contributed by atoms with E-state index in [-0.39, 0.29) is 11.3 Å². The summed E-state index contributed by atoms with van der Waals surface area (Å²) in [6, 6.07) is 10.4. The topological polar surface area (TPSA) is 116 Å². The summed E-state index contributed by atoms with van der Waals surface area (Å²) < 4.78 is 1.66. The van der Waals surface area contributed by atoms with Crippen LogP contribution in [0.5, 0.6) is 0 Å². The summed E-state index contributed by atoms with van der Waals surface area (Å²) in [5, 5.41) is 24.8. The molecule has 0 radical (unpaired) electrons. The average molecular weight is 467 g/mol. The number of nitrogens with one attached hydrogen (secondary N) is 1. The van der Waals surface area contributed by atoms with Gasteiger partial charge in [0.05, 0.1) is 15.5 Å². The number of anilines is 1. The molecule has 0 saturated carbocycles. The Hall–Kier alpha value is -3.57. The van der Waals surface area contributed by atoms with Crippen LogP contribution in [0.2, 0.25) is 0 Å². The van der Waals surface area contributed by atoms with Gasteiger partial charge in [-0.15, -0.1) is 21.5 Å². The quantitative estimate of drug-likeness (QED) is 0.318. The minimum atomic E-state index is -0.516. The Labute approximate surface area is 191 Å². The number of hydrogen-bond acceptors (Lipinski definition) is 8. The Morgan fingerprint density at radius 3 is 2.75 bits per heavy atom. The van der Waals surface area contributed by atoms with Gasteiger partial charge in [-0.3, -0.25) is 20.2 Å². The van der Waals surface area contributed by atoms with E-state index in [2.05, 4.69) is 20.5 Å². The number of nitro benzene ring substituents is 1. The lowest BCUT2D eigenvalue weighted by atomic mass is 10.0. The van der Waals surface area contributed by atoms with E-state index in [4.69, 9.17) is 0 Å². The lowest BCUT2D eigenvalue weighted by Gasteiger charge is -2.06. The molecule has 2 aromatic heterocycles. The zero-order chi connectivity index (χ0) is 22.8. The summed E-state index contributed by atoms with van der Waals surface area (Å²) in [7, 11) is 1.75. The first kappa shape index (κ1) is 21.7. The second kappa shape index (κ2) is 8.89. The number of hydrogen-bond donors (Lipinski definition) is 1. The molecule has 9 nitrogen and oxygen atoms in total. The Balaban J connectivity index is 1.55. The molecule has 0 saturated heterocycles. The number of aromatic nitrogens is 4. The van der Waals surface area contributed by atoms with Crippen LogP contribution < -0.4 is 5.32 Å². The molecular weight excluding hydrogens is 448 g/mol. The van der Waals surface area contributed by atoms with Crippen LogP contribution in [-0.2, 0) is 7.05 Å². The summed E-state index contributed by atoms with van der Waals surface area (Å²) in [6.07, 6.45) is 1.51. The third kappa shape index (κ3) is 4.53. The van der Waals surface area contributed by atoms with Crippen LogP contribution in [0.25, 0.3) is 11.3 Å². The van der Waals surface area contributed by atoms with E-state index in [1.54, 1.807) is 17.7 Å². The molecule has 11 heteroatoms. The van der Waals surface area contributed by atoms with Crippen LogP contribution >= 0.6 is 23.1 Å². The molecule has 2 heterocycles. The highest BCUT2D eigenvalue weighted by Crippen LogP contribution is 2.34. The summed E-state index contributed by atoms with van der Waals surface area (Å²) in [5.74, 6) is -0.467. The van der Waals surface area contributed by atoms with Crippen LogP contribution in [0.4, 0.5) is 10.8 Å². The number of aryl methyl sites for hydroxylation is 3. The maximum absolute atomic E-state index is 12.7. The minimum Gasteiger partial charge on any atom is -0.311 e. The third-order valence-corrected chi connectivity index (χ3v) is 6.56. The molecular formula is C21H18N6O3S2. The van der Waals surface area contributed by atoms with Crippen LogP contribution in [0.15, 0.2) is 58.2 Å².